The summed E-state index contributed by atoms with van der Waals surface area (Å²) in [5.74, 6) is 0.00496. The van der Waals surface area contributed by atoms with E-state index in [-0.39, 0.29) is 17.6 Å². The van der Waals surface area contributed by atoms with Gasteiger partial charge in [-0.2, -0.15) is 5.10 Å². The van der Waals surface area contributed by atoms with Gasteiger partial charge >= 0.3 is 0 Å². The number of hydrazone groups is 1. The van der Waals surface area contributed by atoms with Crippen LogP contribution in [0, 0.1) is 5.92 Å². The van der Waals surface area contributed by atoms with Crippen molar-refractivity contribution in [1.29, 1.82) is 0 Å². The highest BCUT2D eigenvalue weighted by Crippen LogP contribution is 2.07. The number of hydrogen-bond donors (Lipinski definition) is 2. The van der Waals surface area contributed by atoms with Crippen molar-refractivity contribution >= 4 is 12.1 Å². The van der Waals surface area contributed by atoms with Crippen molar-refractivity contribution in [2.24, 2.45) is 11.0 Å². The van der Waals surface area contributed by atoms with E-state index in [0.717, 1.165) is 5.56 Å². The first-order valence-corrected chi connectivity index (χ1v) is 4.71. The predicted molar refractivity (Wildman–Crippen MR) is 58.7 cm³/mol. The third-order valence-electron chi connectivity index (χ3n) is 1.81. The number of amides is 1. The van der Waals surface area contributed by atoms with E-state index in [0.29, 0.717) is 0 Å². The normalized spacial score (nSPS) is 10.9. The second-order valence-electron chi connectivity index (χ2n) is 3.48. The molecule has 0 aliphatic carbocycles. The smallest absolute Gasteiger partial charge is 0.242 e. The molecule has 4 nitrogen and oxygen atoms in total. The molecular formula is C11H14N2O2. The molecule has 1 amide bonds. The number of phenols is 1. The molecule has 80 valence electrons. The summed E-state index contributed by atoms with van der Waals surface area (Å²) in [7, 11) is 0. The standard InChI is InChI=1S/C11H14N2O2/c1-8(2)11(15)13-12-7-9-3-5-10(14)6-4-9/h3-8,14H,1-2H3,(H,13,15). The van der Waals surface area contributed by atoms with Crippen molar-refractivity contribution in [3.8, 4) is 5.75 Å². The predicted octanol–water partition coefficient (Wildman–Crippen LogP) is 1.50. The van der Waals surface area contributed by atoms with Gasteiger partial charge in [0.15, 0.2) is 0 Å². The fourth-order valence-corrected chi connectivity index (χ4v) is 0.860. The Morgan fingerprint density at radius 2 is 2.00 bits per heavy atom. The van der Waals surface area contributed by atoms with Gasteiger partial charge in [0, 0.05) is 5.92 Å². The molecule has 0 spiro atoms. The highest BCUT2D eigenvalue weighted by molar-refractivity contribution is 5.83. The summed E-state index contributed by atoms with van der Waals surface area (Å²) < 4.78 is 0. The third kappa shape index (κ3) is 3.81. The summed E-state index contributed by atoms with van der Waals surface area (Å²) in [4.78, 5) is 11.1. The van der Waals surface area contributed by atoms with Gasteiger partial charge < -0.3 is 5.11 Å². The van der Waals surface area contributed by atoms with Gasteiger partial charge in [-0.1, -0.05) is 13.8 Å². The summed E-state index contributed by atoms with van der Waals surface area (Å²) in [5, 5.41) is 12.8. The van der Waals surface area contributed by atoms with Crippen molar-refractivity contribution in [2.75, 3.05) is 0 Å². The van der Waals surface area contributed by atoms with Crippen LogP contribution in [0.5, 0.6) is 5.75 Å². The summed E-state index contributed by atoms with van der Waals surface area (Å²) in [6.45, 7) is 3.59. The summed E-state index contributed by atoms with van der Waals surface area (Å²) in [5.41, 5.74) is 3.23. The zero-order valence-electron chi connectivity index (χ0n) is 8.77. The molecule has 0 saturated carbocycles. The van der Waals surface area contributed by atoms with Gasteiger partial charge in [-0.05, 0) is 29.8 Å². The van der Waals surface area contributed by atoms with Crippen molar-refractivity contribution in [3.63, 3.8) is 0 Å². The fourth-order valence-electron chi connectivity index (χ4n) is 0.860. The third-order valence-corrected chi connectivity index (χ3v) is 1.81. The highest BCUT2D eigenvalue weighted by atomic mass is 16.3. The minimum atomic E-state index is -0.120. The molecule has 0 aromatic heterocycles. The molecule has 0 aliphatic heterocycles. The molecule has 2 N–H and O–H groups in total. The fraction of sp³-hybridized carbons (Fsp3) is 0.273. The van der Waals surface area contributed by atoms with E-state index in [1.54, 1.807) is 38.1 Å². The Morgan fingerprint density at radius 1 is 1.40 bits per heavy atom. The maximum atomic E-state index is 11.1. The van der Waals surface area contributed by atoms with Crippen LogP contribution in [0.1, 0.15) is 19.4 Å². The number of rotatable bonds is 3. The molecule has 1 rings (SSSR count). The van der Waals surface area contributed by atoms with Crippen molar-refractivity contribution in [2.45, 2.75) is 13.8 Å². The first kappa shape index (κ1) is 11.2. The zero-order valence-corrected chi connectivity index (χ0v) is 8.77. The first-order valence-electron chi connectivity index (χ1n) is 4.71. The monoisotopic (exact) mass is 206 g/mol. The van der Waals surface area contributed by atoms with Crippen LogP contribution in [0.3, 0.4) is 0 Å². The van der Waals surface area contributed by atoms with Gasteiger partial charge in [-0.25, -0.2) is 5.43 Å². The van der Waals surface area contributed by atoms with Gasteiger partial charge in [-0.15, -0.1) is 0 Å². The van der Waals surface area contributed by atoms with Crippen LogP contribution in [0.15, 0.2) is 29.4 Å². The second kappa shape index (κ2) is 5.14. The highest BCUT2D eigenvalue weighted by Gasteiger charge is 2.03. The lowest BCUT2D eigenvalue weighted by Crippen LogP contribution is -2.22. The number of benzene rings is 1. The van der Waals surface area contributed by atoms with Gasteiger partial charge in [-0.3, -0.25) is 4.79 Å². The molecule has 0 unspecified atom stereocenters. The molecule has 0 radical (unpaired) electrons. The van der Waals surface area contributed by atoms with E-state index in [1.807, 2.05) is 0 Å². The quantitative estimate of drug-likeness (QED) is 0.581. The maximum Gasteiger partial charge on any atom is 0.242 e. The Balaban J connectivity index is 2.51. The number of nitrogens with one attached hydrogen (secondary N) is 1. The molecule has 0 saturated heterocycles. The lowest BCUT2D eigenvalue weighted by molar-refractivity contribution is -0.123. The first-order chi connectivity index (χ1) is 7.09. The molecule has 0 fully saturated rings. The zero-order chi connectivity index (χ0) is 11.3. The number of carbonyl (C=O) groups is 1. The van der Waals surface area contributed by atoms with E-state index in [1.165, 1.54) is 6.21 Å². The molecule has 0 aliphatic rings. The van der Waals surface area contributed by atoms with Crippen molar-refractivity contribution in [1.82, 2.24) is 5.43 Å². The van der Waals surface area contributed by atoms with Crippen LogP contribution in [-0.4, -0.2) is 17.2 Å². The van der Waals surface area contributed by atoms with Gasteiger partial charge in [0.05, 0.1) is 6.21 Å². The maximum absolute atomic E-state index is 11.1. The van der Waals surface area contributed by atoms with E-state index >= 15 is 0 Å². The molecule has 1 aromatic carbocycles. The van der Waals surface area contributed by atoms with Crippen molar-refractivity contribution in [3.05, 3.63) is 29.8 Å². The summed E-state index contributed by atoms with van der Waals surface area (Å²) >= 11 is 0. The summed E-state index contributed by atoms with van der Waals surface area (Å²) in [6.07, 6.45) is 1.53. The molecule has 1 aromatic rings. The molecular weight excluding hydrogens is 192 g/mol. The average molecular weight is 206 g/mol. The molecule has 15 heavy (non-hydrogen) atoms. The second-order valence-corrected chi connectivity index (χ2v) is 3.48. The largest absolute Gasteiger partial charge is 0.508 e. The Bertz CT molecular complexity index is 355. The minimum absolute atomic E-state index is 0.0815. The van der Waals surface area contributed by atoms with Crippen LogP contribution in [0.25, 0.3) is 0 Å². The van der Waals surface area contributed by atoms with E-state index in [9.17, 15) is 4.79 Å². The Labute approximate surface area is 88.6 Å². The number of nitrogens with zero attached hydrogens (tertiary/aromatic N) is 1. The number of aromatic hydroxyl groups is 1. The topological polar surface area (TPSA) is 61.7 Å². The van der Waals surface area contributed by atoms with Gasteiger partial charge in [0.1, 0.15) is 5.75 Å². The van der Waals surface area contributed by atoms with Crippen LogP contribution in [-0.2, 0) is 4.79 Å². The van der Waals surface area contributed by atoms with Crippen LogP contribution in [0.4, 0.5) is 0 Å². The van der Waals surface area contributed by atoms with Gasteiger partial charge in [0.2, 0.25) is 5.91 Å². The van der Waals surface area contributed by atoms with Crippen LogP contribution < -0.4 is 5.43 Å². The Kier molecular flexibility index (Phi) is 3.85. The Morgan fingerprint density at radius 3 is 2.53 bits per heavy atom. The molecule has 0 bridgehead atoms. The SMILES string of the molecule is CC(C)C(=O)NN=Cc1ccc(O)cc1. The van der Waals surface area contributed by atoms with E-state index < -0.39 is 0 Å². The number of phenolic OH excluding ortho intramolecular Hbond substituents is 1. The molecule has 0 atom stereocenters. The lowest BCUT2D eigenvalue weighted by atomic mass is 10.2. The van der Waals surface area contributed by atoms with Crippen LogP contribution in [0.2, 0.25) is 0 Å². The van der Waals surface area contributed by atoms with Crippen molar-refractivity contribution < 1.29 is 9.90 Å². The lowest BCUT2D eigenvalue weighted by Gasteiger charge is -2.01. The average Bonchev–Trinajstić information content (AvgIpc) is 2.20. The number of carbonyl (C=O) groups excluding carboxylic acids is 1. The van der Waals surface area contributed by atoms with E-state index in [2.05, 4.69) is 10.5 Å². The molecule has 4 heteroatoms. The minimum Gasteiger partial charge on any atom is -0.508 e. The van der Waals surface area contributed by atoms with Gasteiger partial charge in [0.25, 0.3) is 0 Å². The molecule has 0 heterocycles. The van der Waals surface area contributed by atoms with Crippen LogP contribution >= 0.6 is 0 Å². The Hall–Kier alpha value is -1.84. The number of hydrogen-bond acceptors (Lipinski definition) is 3. The van der Waals surface area contributed by atoms with E-state index in [4.69, 9.17) is 5.11 Å². The summed E-state index contributed by atoms with van der Waals surface area (Å²) in [6, 6.07) is 6.54.